The SMILES string of the molecule is Cc1c(CNC(C)C)cnn1-c1ccc(Cl)cc1. The Bertz CT molecular complexity index is 514. The van der Waals surface area contributed by atoms with Crippen LogP contribution >= 0.6 is 11.6 Å². The zero-order valence-corrected chi connectivity index (χ0v) is 11.7. The first-order chi connectivity index (χ1) is 8.58. The fourth-order valence-corrected chi connectivity index (χ4v) is 1.90. The van der Waals surface area contributed by atoms with Crippen LogP contribution in [0.25, 0.3) is 5.69 Å². The minimum absolute atomic E-state index is 0.475. The molecule has 0 unspecified atom stereocenters. The first kappa shape index (κ1) is 13.1. The molecular weight excluding hydrogens is 246 g/mol. The predicted octanol–water partition coefficient (Wildman–Crippen LogP) is 3.33. The van der Waals surface area contributed by atoms with Crippen molar-refractivity contribution in [3.05, 3.63) is 46.7 Å². The van der Waals surface area contributed by atoms with Gasteiger partial charge >= 0.3 is 0 Å². The van der Waals surface area contributed by atoms with E-state index in [4.69, 9.17) is 11.6 Å². The smallest absolute Gasteiger partial charge is 0.0649 e. The first-order valence-corrected chi connectivity index (χ1v) is 6.48. The van der Waals surface area contributed by atoms with Crippen LogP contribution in [0, 0.1) is 6.92 Å². The normalized spacial score (nSPS) is 11.2. The Morgan fingerprint density at radius 2 is 1.94 bits per heavy atom. The molecule has 1 N–H and O–H groups in total. The molecule has 3 nitrogen and oxygen atoms in total. The molecule has 0 amide bonds. The highest BCUT2D eigenvalue weighted by Gasteiger charge is 2.08. The van der Waals surface area contributed by atoms with Crippen molar-refractivity contribution in [2.24, 2.45) is 0 Å². The van der Waals surface area contributed by atoms with E-state index in [1.165, 1.54) is 5.56 Å². The number of rotatable bonds is 4. The second-order valence-electron chi connectivity index (χ2n) is 4.68. The molecule has 0 saturated carbocycles. The lowest BCUT2D eigenvalue weighted by Crippen LogP contribution is -2.22. The van der Waals surface area contributed by atoms with E-state index in [-0.39, 0.29) is 0 Å². The Morgan fingerprint density at radius 1 is 1.28 bits per heavy atom. The molecule has 1 aromatic heterocycles. The molecule has 18 heavy (non-hydrogen) atoms. The van der Waals surface area contributed by atoms with Crippen LogP contribution in [0.1, 0.15) is 25.1 Å². The number of nitrogens with one attached hydrogen (secondary N) is 1. The van der Waals surface area contributed by atoms with Crippen molar-refractivity contribution >= 4 is 11.6 Å². The lowest BCUT2D eigenvalue weighted by Gasteiger charge is -2.08. The van der Waals surface area contributed by atoms with Crippen LogP contribution in [0.3, 0.4) is 0 Å². The Kier molecular flexibility index (Phi) is 4.04. The van der Waals surface area contributed by atoms with Gasteiger partial charge in [0.15, 0.2) is 0 Å². The van der Waals surface area contributed by atoms with E-state index in [9.17, 15) is 0 Å². The average Bonchev–Trinajstić information content (AvgIpc) is 2.69. The van der Waals surface area contributed by atoms with Crippen molar-refractivity contribution in [1.82, 2.24) is 15.1 Å². The van der Waals surface area contributed by atoms with Gasteiger partial charge in [-0.2, -0.15) is 5.10 Å². The highest BCUT2D eigenvalue weighted by atomic mass is 35.5. The van der Waals surface area contributed by atoms with Crippen molar-refractivity contribution in [3.8, 4) is 5.69 Å². The fraction of sp³-hybridized carbons (Fsp3) is 0.357. The summed E-state index contributed by atoms with van der Waals surface area (Å²) in [6, 6.07) is 8.18. The quantitative estimate of drug-likeness (QED) is 0.917. The van der Waals surface area contributed by atoms with Crippen LogP contribution in [0.5, 0.6) is 0 Å². The molecule has 0 fully saturated rings. The molecule has 96 valence electrons. The number of aromatic nitrogens is 2. The van der Waals surface area contributed by atoms with E-state index in [1.807, 2.05) is 35.1 Å². The van der Waals surface area contributed by atoms with Gasteiger partial charge < -0.3 is 5.32 Å². The molecule has 0 saturated heterocycles. The summed E-state index contributed by atoms with van der Waals surface area (Å²) in [5.74, 6) is 0. The van der Waals surface area contributed by atoms with E-state index in [0.29, 0.717) is 6.04 Å². The molecular formula is C14H18ClN3. The molecule has 0 atom stereocenters. The fourth-order valence-electron chi connectivity index (χ4n) is 1.77. The van der Waals surface area contributed by atoms with Crippen LogP contribution in [-0.4, -0.2) is 15.8 Å². The van der Waals surface area contributed by atoms with Gasteiger partial charge in [-0.1, -0.05) is 25.4 Å². The number of benzene rings is 1. The van der Waals surface area contributed by atoms with E-state index in [2.05, 4.69) is 31.2 Å². The van der Waals surface area contributed by atoms with E-state index < -0.39 is 0 Å². The van der Waals surface area contributed by atoms with Gasteiger partial charge in [0, 0.05) is 28.9 Å². The maximum Gasteiger partial charge on any atom is 0.0649 e. The zero-order valence-electron chi connectivity index (χ0n) is 10.9. The van der Waals surface area contributed by atoms with Crippen molar-refractivity contribution in [2.45, 2.75) is 33.4 Å². The Morgan fingerprint density at radius 3 is 2.56 bits per heavy atom. The van der Waals surface area contributed by atoms with E-state index in [0.717, 1.165) is 22.9 Å². The molecule has 0 radical (unpaired) electrons. The molecule has 2 aromatic rings. The lowest BCUT2D eigenvalue weighted by molar-refractivity contribution is 0.587. The third kappa shape index (κ3) is 2.92. The Hall–Kier alpha value is -1.32. The van der Waals surface area contributed by atoms with Crippen molar-refractivity contribution in [1.29, 1.82) is 0 Å². The van der Waals surface area contributed by atoms with Gasteiger partial charge in [0.25, 0.3) is 0 Å². The molecule has 0 aliphatic carbocycles. The average molecular weight is 264 g/mol. The maximum absolute atomic E-state index is 5.89. The highest BCUT2D eigenvalue weighted by Crippen LogP contribution is 2.16. The van der Waals surface area contributed by atoms with Crippen molar-refractivity contribution in [2.75, 3.05) is 0 Å². The van der Waals surface area contributed by atoms with Crippen LogP contribution in [0.4, 0.5) is 0 Å². The minimum Gasteiger partial charge on any atom is -0.310 e. The van der Waals surface area contributed by atoms with Gasteiger partial charge in [0.05, 0.1) is 11.9 Å². The number of nitrogens with zero attached hydrogens (tertiary/aromatic N) is 2. The minimum atomic E-state index is 0.475. The van der Waals surface area contributed by atoms with Crippen molar-refractivity contribution in [3.63, 3.8) is 0 Å². The van der Waals surface area contributed by atoms with Gasteiger partial charge in [-0.15, -0.1) is 0 Å². The Labute approximate surface area is 113 Å². The van der Waals surface area contributed by atoms with Gasteiger partial charge in [0.1, 0.15) is 0 Å². The third-order valence-electron chi connectivity index (χ3n) is 2.88. The standard InChI is InChI=1S/C14H18ClN3/c1-10(2)16-8-12-9-17-18(11(12)3)14-6-4-13(15)5-7-14/h4-7,9-10,16H,8H2,1-3H3. The van der Waals surface area contributed by atoms with Gasteiger partial charge in [-0.25, -0.2) is 4.68 Å². The van der Waals surface area contributed by atoms with Crippen molar-refractivity contribution < 1.29 is 0 Å². The molecule has 0 aliphatic heterocycles. The van der Waals surface area contributed by atoms with Crippen LogP contribution in [-0.2, 0) is 6.54 Å². The molecule has 4 heteroatoms. The third-order valence-corrected chi connectivity index (χ3v) is 3.14. The second-order valence-corrected chi connectivity index (χ2v) is 5.12. The molecule has 1 heterocycles. The molecule has 1 aromatic carbocycles. The van der Waals surface area contributed by atoms with E-state index in [1.54, 1.807) is 0 Å². The summed E-state index contributed by atoms with van der Waals surface area (Å²) in [6.07, 6.45) is 1.92. The zero-order chi connectivity index (χ0) is 13.1. The van der Waals surface area contributed by atoms with Gasteiger partial charge in [0.2, 0.25) is 0 Å². The molecule has 0 aliphatic rings. The number of halogens is 1. The topological polar surface area (TPSA) is 29.9 Å². The summed E-state index contributed by atoms with van der Waals surface area (Å²) in [4.78, 5) is 0. The summed E-state index contributed by atoms with van der Waals surface area (Å²) < 4.78 is 1.94. The summed E-state index contributed by atoms with van der Waals surface area (Å²) in [5, 5.41) is 8.57. The highest BCUT2D eigenvalue weighted by molar-refractivity contribution is 6.30. The number of hydrogen-bond donors (Lipinski definition) is 1. The lowest BCUT2D eigenvalue weighted by atomic mass is 10.2. The van der Waals surface area contributed by atoms with Crippen LogP contribution in [0.15, 0.2) is 30.5 Å². The van der Waals surface area contributed by atoms with E-state index >= 15 is 0 Å². The molecule has 0 spiro atoms. The molecule has 2 rings (SSSR count). The largest absolute Gasteiger partial charge is 0.310 e. The van der Waals surface area contributed by atoms with Crippen LogP contribution < -0.4 is 5.32 Å². The van der Waals surface area contributed by atoms with Gasteiger partial charge in [-0.05, 0) is 31.2 Å². The monoisotopic (exact) mass is 263 g/mol. The van der Waals surface area contributed by atoms with Crippen LogP contribution in [0.2, 0.25) is 5.02 Å². The van der Waals surface area contributed by atoms with Gasteiger partial charge in [-0.3, -0.25) is 0 Å². The summed E-state index contributed by atoms with van der Waals surface area (Å²) >= 11 is 5.89. The second kappa shape index (κ2) is 5.55. The summed E-state index contributed by atoms with van der Waals surface area (Å²) in [6.45, 7) is 7.20. The Balaban J connectivity index is 2.22. The first-order valence-electron chi connectivity index (χ1n) is 6.10. The predicted molar refractivity (Wildman–Crippen MR) is 75.3 cm³/mol. The summed E-state index contributed by atoms with van der Waals surface area (Å²) in [5.41, 5.74) is 3.41. The maximum atomic E-state index is 5.89. The summed E-state index contributed by atoms with van der Waals surface area (Å²) in [7, 11) is 0. The number of hydrogen-bond acceptors (Lipinski definition) is 2. The molecule has 0 bridgehead atoms.